The lowest BCUT2D eigenvalue weighted by Gasteiger charge is -2.20. The highest BCUT2D eigenvalue weighted by atomic mass is 19.1. The number of hydrogen-bond donors (Lipinski definition) is 5. The van der Waals surface area contributed by atoms with E-state index in [4.69, 9.17) is 10.5 Å². The van der Waals surface area contributed by atoms with Crippen molar-refractivity contribution in [2.75, 3.05) is 11.9 Å². The van der Waals surface area contributed by atoms with E-state index in [1.807, 2.05) is 54.6 Å². The second-order valence-corrected chi connectivity index (χ2v) is 9.32. The van der Waals surface area contributed by atoms with Gasteiger partial charge in [0.25, 0.3) is 0 Å². The molecule has 0 bridgehead atoms. The van der Waals surface area contributed by atoms with Gasteiger partial charge in [0, 0.05) is 23.3 Å². The molecule has 6 N–H and O–H groups in total. The minimum absolute atomic E-state index is 0.0316. The summed E-state index contributed by atoms with van der Waals surface area (Å²) in [5.41, 5.74) is 11.9. The van der Waals surface area contributed by atoms with E-state index >= 15 is 0 Å². The molecule has 0 aliphatic heterocycles. The van der Waals surface area contributed by atoms with Gasteiger partial charge in [-0.25, -0.2) is 14.2 Å². The van der Waals surface area contributed by atoms with E-state index in [-0.39, 0.29) is 24.2 Å². The predicted octanol–water partition coefficient (Wildman–Crippen LogP) is 5.96. The van der Waals surface area contributed by atoms with Crippen molar-refractivity contribution in [2.45, 2.75) is 25.9 Å². The summed E-state index contributed by atoms with van der Waals surface area (Å²) < 4.78 is 18.8. The number of primary amides is 1. The molecule has 5 rings (SSSR count). The van der Waals surface area contributed by atoms with Crippen molar-refractivity contribution >= 4 is 28.5 Å². The number of carbonyl (C=O) groups excluding carboxylic acids is 1. The maximum atomic E-state index is 13.5. The van der Waals surface area contributed by atoms with Crippen LogP contribution in [0.4, 0.5) is 20.6 Å². The maximum Gasteiger partial charge on any atom is 0.410 e. The zero-order chi connectivity index (χ0) is 28.1. The summed E-state index contributed by atoms with van der Waals surface area (Å²) in [6, 6.07) is 23.6. The fourth-order valence-corrected chi connectivity index (χ4v) is 4.83. The Labute approximate surface area is 231 Å². The van der Waals surface area contributed by atoms with E-state index in [9.17, 15) is 14.3 Å². The Balaban J connectivity index is 1.50. The molecule has 1 amide bonds. The molecule has 0 saturated carbocycles. The number of nitrogens with one attached hydrogen (secondary N) is 3. The Bertz CT molecular complexity index is 1620. The lowest BCUT2D eigenvalue weighted by Crippen LogP contribution is -2.24. The number of rotatable bonds is 10. The third-order valence-electron chi connectivity index (χ3n) is 6.80. The molecule has 9 heteroatoms. The fraction of sp³-hybridized carbons (Fsp3) is 0.161. The standard InChI is InChI=1S/C31H30FN5O3/c1-2-23-21(16-34-27(18-38)19-7-4-3-5-8-19)9-6-10-25(23)36-29-24-15-26(20-11-13-22(32)14-12-20)37-30(24)35-17-28(29)40-31(33)39/h3-15,17,27,34,38H,2,16,18H2,1H3,(H2,33,39)(H2,35,36,37)/t27-/m1/s1. The van der Waals surface area contributed by atoms with Crippen molar-refractivity contribution in [1.82, 2.24) is 15.3 Å². The molecule has 0 spiro atoms. The van der Waals surface area contributed by atoms with Gasteiger partial charge in [0.1, 0.15) is 11.5 Å². The average molecular weight is 540 g/mol. The number of carbonyl (C=O) groups is 1. The summed E-state index contributed by atoms with van der Waals surface area (Å²) in [4.78, 5) is 19.4. The van der Waals surface area contributed by atoms with Gasteiger partial charge in [0.05, 0.1) is 24.5 Å². The molecule has 2 heterocycles. The molecule has 204 valence electrons. The number of benzene rings is 3. The van der Waals surface area contributed by atoms with Crippen LogP contribution in [0.2, 0.25) is 0 Å². The highest BCUT2D eigenvalue weighted by Gasteiger charge is 2.18. The number of aliphatic hydroxyl groups is 1. The molecule has 0 unspecified atom stereocenters. The number of aromatic nitrogens is 2. The Morgan fingerprint density at radius 2 is 1.88 bits per heavy atom. The first kappa shape index (κ1) is 26.9. The Morgan fingerprint density at radius 3 is 2.58 bits per heavy atom. The Hall–Kier alpha value is -4.73. The van der Waals surface area contributed by atoms with Gasteiger partial charge in [0.15, 0.2) is 5.75 Å². The summed E-state index contributed by atoms with van der Waals surface area (Å²) in [5, 5.41) is 17.6. The van der Waals surface area contributed by atoms with Crippen LogP contribution in [0, 0.1) is 5.82 Å². The third kappa shape index (κ3) is 5.80. The first-order valence-corrected chi connectivity index (χ1v) is 13.0. The highest BCUT2D eigenvalue weighted by molar-refractivity contribution is 5.98. The number of anilines is 2. The summed E-state index contributed by atoms with van der Waals surface area (Å²) in [6.07, 6.45) is 1.20. The number of ether oxygens (including phenoxy) is 1. The number of aliphatic hydroxyl groups excluding tert-OH is 1. The molecule has 0 fully saturated rings. The fourth-order valence-electron chi connectivity index (χ4n) is 4.83. The van der Waals surface area contributed by atoms with Crippen LogP contribution in [-0.2, 0) is 13.0 Å². The lowest BCUT2D eigenvalue weighted by atomic mass is 10.0. The van der Waals surface area contributed by atoms with Crippen molar-refractivity contribution in [3.63, 3.8) is 0 Å². The van der Waals surface area contributed by atoms with Gasteiger partial charge in [-0.1, -0.05) is 49.4 Å². The van der Waals surface area contributed by atoms with Gasteiger partial charge in [-0.3, -0.25) is 0 Å². The van der Waals surface area contributed by atoms with E-state index < -0.39 is 6.09 Å². The second-order valence-electron chi connectivity index (χ2n) is 9.32. The van der Waals surface area contributed by atoms with Crippen LogP contribution in [-0.4, -0.2) is 27.8 Å². The van der Waals surface area contributed by atoms with E-state index in [1.165, 1.54) is 18.3 Å². The van der Waals surface area contributed by atoms with Crippen molar-refractivity contribution < 1.29 is 19.0 Å². The molecule has 2 aromatic heterocycles. The number of nitrogens with two attached hydrogens (primary N) is 1. The number of H-pyrrole nitrogens is 1. The number of pyridine rings is 1. The minimum Gasteiger partial charge on any atom is -0.407 e. The predicted molar refractivity (Wildman–Crippen MR) is 154 cm³/mol. The third-order valence-corrected chi connectivity index (χ3v) is 6.80. The second kappa shape index (κ2) is 12.0. The van der Waals surface area contributed by atoms with Crippen molar-refractivity contribution in [3.05, 3.63) is 108 Å². The van der Waals surface area contributed by atoms with E-state index in [0.29, 0.717) is 23.3 Å². The van der Waals surface area contributed by atoms with Crippen molar-refractivity contribution in [2.24, 2.45) is 5.73 Å². The van der Waals surface area contributed by atoms with Crippen LogP contribution in [0.25, 0.3) is 22.3 Å². The molecule has 3 aromatic carbocycles. The number of fused-ring (bicyclic) bond motifs is 1. The van der Waals surface area contributed by atoms with E-state index in [1.54, 1.807) is 12.1 Å². The molecule has 0 radical (unpaired) electrons. The van der Waals surface area contributed by atoms with Crippen LogP contribution in [0.1, 0.15) is 29.7 Å². The Morgan fingerprint density at radius 1 is 1.10 bits per heavy atom. The Kier molecular flexibility index (Phi) is 8.04. The maximum absolute atomic E-state index is 13.5. The summed E-state index contributed by atoms with van der Waals surface area (Å²) in [6.45, 7) is 2.57. The minimum atomic E-state index is -0.955. The van der Waals surface area contributed by atoms with Gasteiger partial charge in [-0.15, -0.1) is 0 Å². The first-order chi connectivity index (χ1) is 19.5. The summed E-state index contributed by atoms with van der Waals surface area (Å²) >= 11 is 0. The molecule has 0 aliphatic rings. The average Bonchev–Trinajstić information content (AvgIpc) is 3.40. The highest BCUT2D eigenvalue weighted by Crippen LogP contribution is 2.38. The van der Waals surface area contributed by atoms with Gasteiger partial charge < -0.3 is 31.2 Å². The van der Waals surface area contributed by atoms with Crippen molar-refractivity contribution in [1.29, 1.82) is 0 Å². The molecular formula is C31H30FN5O3. The largest absolute Gasteiger partial charge is 0.410 e. The molecule has 0 aliphatic carbocycles. The number of halogens is 1. The lowest BCUT2D eigenvalue weighted by molar-refractivity contribution is 0.211. The van der Waals surface area contributed by atoms with Gasteiger partial charge >= 0.3 is 6.09 Å². The monoisotopic (exact) mass is 539 g/mol. The van der Waals surface area contributed by atoms with Gasteiger partial charge in [-0.2, -0.15) is 0 Å². The number of aromatic amines is 1. The van der Waals surface area contributed by atoms with Crippen molar-refractivity contribution in [3.8, 4) is 17.0 Å². The van der Waals surface area contributed by atoms with Gasteiger partial charge in [-0.05, 0) is 65.1 Å². The molecule has 0 saturated heterocycles. The normalized spacial score (nSPS) is 11.9. The van der Waals surface area contributed by atoms with Crippen LogP contribution in [0.15, 0.2) is 85.1 Å². The van der Waals surface area contributed by atoms with Crippen LogP contribution < -0.4 is 21.1 Å². The van der Waals surface area contributed by atoms with Gasteiger partial charge in [0.2, 0.25) is 0 Å². The zero-order valence-electron chi connectivity index (χ0n) is 21.9. The van der Waals surface area contributed by atoms with Crippen LogP contribution in [0.3, 0.4) is 0 Å². The van der Waals surface area contributed by atoms with E-state index in [0.717, 1.165) is 40.1 Å². The number of nitrogens with zero attached hydrogens (tertiary/aromatic N) is 1. The van der Waals surface area contributed by atoms with Crippen LogP contribution >= 0.6 is 0 Å². The summed E-state index contributed by atoms with van der Waals surface area (Å²) in [7, 11) is 0. The molecule has 5 aromatic rings. The smallest absolute Gasteiger partial charge is 0.407 e. The SMILES string of the molecule is CCc1c(CN[C@H](CO)c2ccccc2)cccc1Nc1c(OC(N)=O)cnc2[nH]c(-c3ccc(F)cc3)cc12. The number of amides is 1. The topological polar surface area (TPSA) is 125 Å². The number of hydrogen-bond acceptors (Lipinski definition) is 6. The zero-order valence-corrected chi connectivity index (χ0v) is 21.9. The quantitative estimate of drug-likeness (QED) is 0.149. The van der Waals surface area contributed by atoms with Crippen LogP contribution in [0.5, 0.6) is 5.75 Å². The van der Waals surface area contributed by atoms with E-state index in [2.05, 4.69) is 27.5 Å². The molecular weight excluding hydrogens is 509 g/mol. The summed E-state index contributed by atoms with van der Waals surface area (Å²) in [5.74, 6) is -0.146. The molecule has 8 nitrogen and oxygen atoms in total. The first-order valence-electron chi connectivity index (χ1n) is 13.0. The molecule has 40 heavy (non-hydrogen) atoms. The molecule has 1 atom stereocenters.